The van der Waals surface area contributed by atoms with E-state index in [0.29, 0.717) is 12.5 Å². The lowest BCUT2D eigenvalue weighted by atomic mass is 10.0. The topological polar surface area (TPSA) is 23.6 Å². The van der Waals surface area contributed by atoms with Crippen LogP contribution in [0.5, 0.6) is 0 Å². The highest BCUT2D eigenvalue weighted by molar-refractivity contribution is 5.93. The van der Waals surface area contributed by atoms with Crippen molar-refractivity contribution >= 4 is 11.6 Å². The molecule has 1 aromatic rings. The van der Waals surface area contributed by atoms with Gasteiger partial charge in [-0.1, -0.05) is 83.4 Å². The van der Waals surface area contributed by atoms with Crippen LogP contribution in [0.1, 0.15) is 90.9 Å². The first kappa shape index (κ1) is 22.9. The Morgan fingerprint density at radius 3 is 2.04 bits per heavy atom. The summed E-state index contributed by atoms with van der Waals surface area (Å²) in [6.07, 6.45) is 15.3. The van der Waals surface area contributed by atoms with Gasteiger partial charge in [0.2, 0.25) is 5.91 Å². The van der Waals surface area contributed by atoms with E-state index < -0.39 is 0 Å². The molecule has 0 saturated carbocycles. The molecule has 3 heteroatoms. The lowest BCUT2D eigenvalue weighted by Gasteiger charge is -2.38. The Bertz CT molecular complexity index is 523. The van der Waals surface area contributed by atoms with Gasteiger partial charge in [0.05, 0.1) is 0 Å². The molecule has 1 fully saturated rings. The summed E-state index contributed by atoms with van der Waals surface area (Å²) < 4.78 is 0. The maximum absolute atomic E-state index is 12.6. The molecule has 1 heterocycles. The second-order valence-electron chi connectivity index (χ2n) is 8.35. The van der Waals surface area contributed by atoms with Crippen molar-refractivity contribution in [2.75, 3.05) is 24.5 Å². The van der Waals surface area contributed by atoms with E-state index in [1.54, 1.807) is 0 Å². The second kappa shape index (κ2) is 13.8. The first-order valence-corrected chi connectivity index (χ1v) is 11.9. The van der Waals surface area contributed by atoms with Crippen molar-refractivity contribution in [1.82, 2.24) is 4.90 Å². The highest BCUT2D eigenvalue weighted by Crippen LogP contribution is 2.24. The van der Waals surface area contributed by atoms with Crippen molar-refractivity contribution in [2.24, 2.45) is 0 Å². The normalized spacial score (nSPS) is 15.6. The van der Waals surface area contributed by atoms with E-state index in [9.17, 15) is 4.79 Å². The van der Waals surface area contributed by atoms with Crippen LogP contribution < -0.4 is 4.90 Å². The predicted octanol–water partition coefficient (Wildman–Crippen LogP) is 6.42. The summed E-state index contributed by atoms with van der Waals surface area (Å²) in [5.41, 5.74) is 1.06. The SMILES string of the molecule is CCCCCCCCCCCN1CCC(N(C(=O)CC)c2ccccc2)CC1. The van der Waals surface area contributed by atoms with Gasteiger partial charge in [0.25, 0.3) is 0 Å². The average Bonchev–Trinajstić information content (AvgIpc) is 2.74. The predicted molar refractivity (Wildman–Crippen MR) is 121 cm³/mol. The monoisotopic (exact) mass is 386 g/mol. The van der Waals surface area contributed by atoms with Crippen molar-refractivity contribution in [3.63, 3.8) is 0 Å². The average molecular weight is 387 g/mol. The van der Waals surface area contributed by atoms with E-state index >= 15 is 0 Å². The Hall–Kier alpha value is -1.35. The fourth-order valence-electron chi connectivity index (χ4n) is 4.36. The second-order valence-corrected chi connectivity index (χ2v) is 8.35. The zero-order valence-corrected chi connectivity index (χ0v) is 18.4. The van der Waals surface area contributed by atoms with Gasteiger partial charge in [0, 0.05) is 31.2 Å². The van der Waals surface area contributed by atoms with Gasteiger partial charge in [-0.05, 0) is 37.9 Å². The molecule has 1 aliphatic heterocycles. The Morgan fingerprint density at radius 2 is 1.46 bits per heavy atom. The lowest BCUT2D eigenvalue weighted by Crippen LogP contribution is -2.47. The van der Waals surface area contributed by atoms with Crippen molar-refractivity contribution in [3.05, 3.63) is 30.3 Å². The number of likely N-dealkylation sites (tertiary alicyclic amines) is 1. The number of nitrogens with zero attached hydrogens (tertiary/aromatic N) is 2. The number of para-hydroxylation sites is 1. The summed E-state index contributed by atoms with van der Waals surface area (Å²) >= 11 is 0. The van der Waals surface area contributed by atoms with Crippen LogP contribution in [-0.4, -0.2) is 36.5 Å². The van der Waals surface area contributed by atoms with E-state index in [1.165, 1.54) is 64.3 Å². The highest BCUT2D eigenvalue weighted by atomic mass is 16.2. The van der Waals surface area contributed by atoms with Crippen molar-refractivity contribution < 1.29 is 4.79 Å². The maximum atomic E-state index is 12.6. The molecule has 2 rings (SSSR count). The summed E-state index contributed by atoms with van der Waals surface area (Å²) in [5, 5.41) is 0. The number of hydrogen-bond acceptors (Lipinski definition) is 2. The first-order valence-electron chi connectivity index (χ1n) is 11.9. The molecule has 1 saturated heterocycles. The molecule has 0 aliphatic carbocycles. The standard InChI is InChI=1S/C25H42N2O/c1-3-5-6-7-8-9-10-11-15-20-26-21-18-24(19-22-26)27(25(28)4-2)23-16-13-12-14-17-23/h12-14,16-17,24H,3-11,15,18-22H2,1-2H3. The third-order valence-electron chi connectivity index (χ3n) is 6.11. The van der Waals surface area contributed by atoms with Gasteiger partial charge in [0.15, 0.2) is 0 Å². The molecule has 3 nitrogen and oxygen atoms in total. The zero-order chi connectivity index (χ0) is 20.0. The van der Waals surface area contributed by atoms with Crippen LogP contribution in [-0.2, 0) is 4.79 Å². The third-order valence-corrected chi connectivity index (χ3v) is 6.11. The summed E-state index contributed by atoms with van der Waals surface area (Å²) in [6.45, 7) is 7.74. The summed E-state index contributed by atoms with van der Waals surface area (Å²) in [4.78, 5) is 17.2. The van der Waals surface area contributed by atoms with E-state index in [0.717, 1.165) is 31.6 Å². The number of hydrogen-bond donors (Lipinski definition) is 0. The van der Waals surface area contributed by atoms with Crippen LogP contribution >= 0.6 is 0 Å². The molecule has 158 valence electrons. The smallest absolute Gasteiger partial charge is 0.226 e. The number of amides is 1. The zero-order valence-electron chi connectivity index (χ0n) is 18.4. The largest absolute Gasteiger partial charge is 0.309 e. The number of carbonyl (C=O) groups is 1. The molecule has 0 aromatic heterocycles. The van der Waals surface area contributed by atoms with E-state index in [4.69, 9.17) is 0 Å². The maximum Gasteiger partial charge on any atom is 0.226 e. The van der Waals surface area contributed by atoms with Gasteiger partial charge in [-0.15, -0.1) is 0 Å². The number of anilines is 1. The Balaban J connectivity index is 1.64. The van der Waals surface area contributed by atoms with Crippen LogP contribution in [0.15, 0.2) is 30.3 Å². The molecule has 0 N–H and O–H groups in total. The van der Waals surface area contributed by atoms with Crippen LogP contribution in [0.2, 0.25) is 0 Å². The first-order chi connectivity index (χ1) is 13.8. The van der Waals surface area contributed by atoms with Crippen molar-refractivity contribution in [3.8, 4) is 0 Å². The molecule has 0 atom stereocenters. The Kier molecular flexibility index (Phi) is 11.3. The molecule has 0 spiro atoms. The van der Waals surface area contributed by atoms with Gasteiger partial charge in [-0.2, -0.15) is 0 Å². The minimum Gasteiger partial charge on any atom is -0.309 e. The van der Waals surface area contributed by atoms with E-state index in [2.05, 4.69) is 28.9 Å². The van der Waals surface area contributed by atoms with Gasteiger partial charge in [-0.3, -0.25) is 4.79 Å². The van der Waals surface area contributed by atoms with Crippen LogP contribution in [0.4, 0.5) is 5.69 Å². The molecule has 0 bridgehead atoms. The van der Waals surface area contributed by atoms with Gasteiger partial charge in [0.1, 0.15) is 0 Å². The fraction of sp³-hybridized carbons (Fsp3) is 0.720. The molecule has 0 unspecified atom stereocenters. The summed E-state index contributed by atoms with van der Waals surface area (Å²) in [7, 11) is 0. The van der Waals surface area contributed by atoms with E-state index in [-0.39, 0.29) is 5.91 Å². The number of unbranched alkanes of at least 4 members (excludes halogenated alkanes) is 8. The van der Waals surface area contributed by atoms with Crippen LogP contribution in [0.25, 0.3) is 0 Å². The van der Waals surface area contributed by atoms with Gasteiger partial charge in [-0.25, -0.2) is 0 Å². The Morgan fingerprint density at radius 1 is 0.893 bits per heavy atom. The number of rotatable bonds is 13. The van der Waals surface area contributed by atoms with E-state index in [1.807, 2.05) is 25.1 Å². The Labute approximate surface area is 173 Å². The molecular formula is C25H42N2O. The quantitative estimate of drug-likeness (QED) is 0.365. The molecule has 1 aliphatic rings. The highest BCUT2D eigenvalue weighted by Gasteiger charge is 2.28. The third kappa shape index (κ3) is 7.95. The van der Waals surface area contributed by atoms with Crippen LogP contribution in [0.3, 0.4) is 0 Å². The number of carbonyl (C=O) groups excluding carboxylic acids is 1. The lowest BCUT2D eigenvalue weighted by molar-refractivity contribution is -0.119. The molecule has 1 aromatic carbocycles. The number of benzene rings is 1. The molecule has 0 radical (unpaired) electrons. The summed E-state index contributed by atoms with van der Waals surface area (Å²) in [6, 6.07) is 10.6. The van der Waals surface area contributed by atoms with Crippen molar-refractivity contribution in [2.45, 2.75) is 96.9 Å². The molecular weight excluding hydrogens is 344 g/mol. The summed E-state index contributed by atoms with van der Waals surface area (Å²) in [5.74, 6) is 0.253. The molecule has 28 heavy (non-hydrogen) atoms. The minimum atomic E-state index is 0.253. The molecule has 1 amide bonds. The van der Waals surface area contributed by atoms with Gasteiger partial charge < -0.3 is 9.80 Å². The fourth-order valence-corrected chi connectivity index (χ4v) is 4.36. The van der Waals surface area contributed by atoms with Crippen molar-refractivity contribution in [1.29, 1.82) is 0 Å². The minimum absolute atomic E-state index is 0.253. The number of piperidine rings is 1. The van der Waals surface area contributed by atoms with Gasteiger partial charge >= 0.3 is 0 Å². The van der Waals surface area contributed by atoms with Crippen LogP contribution in [0, 0.1) is 0 Å².